The second kappa shape index (κ2) is 5.67. The summed E-state index contributed by atoms with van der Waals surface area (Å²) in [7, 11) is 0. The number of ketones is 1. The van der Waals surface area contributed by atoms with Gasteiger partial charge in [0.15, 0.2) is 6.29 Å². The Kier molecular flexibility index (Phi) is 3.76. The Morgan fingerprint density at radius 2 is 1.89 bits per heavy atom. The van der Waals surface area contributed by atoms with Crippen LogP contribution >= 0.6 is 0 Å². The lowest BCUT2D eigenvalue weighted by atomic mass is 10.2. The largest absolute Gasteiger partial charge is 0.438 e. The number of nitrogens with zero attached hydrogens (tertiary/aromatic N) is 2. The number of hydrogen-bond donors (Lipinski definition) is 0. The maximum absolute atomic E-state index is 10.9. The molecule has 0 unspecified atom stereocenters. The molecule has 1 aromatic carbocycles. The first-order valence-corrected chi connectivity index (χ1v) is 5.31. The van der Waals surface area contributed by atoms with Crippen LogP contribution in [0.1, 0.15) is 5.69 Å². The molecule has 0 amide bonds. The van der Waals surface area contributed by atoms with Crippen molar-refractivity contribution in [3.63, 3.8) is 0 Å². The Hall–Kier alpha value is -2.56. The zero-order valence-electron chi connectivity index (χ0n) is 9.45. The molecule has 0 aliphatic heterocycles. The molecule has 0 aliphatic rings. The fraction of sp³-hybridized carbons (Fsp3) is 0.0769. The van der Waals surface area contributed by atoms with Crippen molar-refractivity contribution in [2.24, 2.45) is 0 Å². The number of Topliss-reactive ketones (excluding diaryl/α,β-unsaturated/α-hetero) is 1. The average molecular weight is 242 g/mol. The highest BCUT2D eigenvalue weighted by Gasteiger charge is 2.05. The second-order valence-corrected chi connectivity index (χ2v) is 3.54. The Morgan fingerprint density at radius 3 is 2.50 bits per heavy atom. The van der Waals surface area contributed by atoms with Crippen molar-refractivity contribution in [3.05, 3.63) is 48.2 Å². The SMILES string of the molecule is O=CC(=O)Cc1ccc(Oc2ccccc2)nn1. The van der Waals surface area contributed by atoms with E-state index in [4.69, 9.17) is 4.74 Å². The van der Waals surface area contributed by atoms with Gasteiger partial charge in [0.25, 0.3) is 0 Å². The van der Waals surface area contributed by atoms with Crippen LogP contribution in [0.3, 0.4) is 0 Å². The molecule has 2 aromatic rings. The van der Waals surface area contributed by atoms with Gasteiger partial charge in [-0.15, -0.1) is 5.10 Å². The normalized spacial score (nSPS) is 9.78. The van der Waals surface area contributed by atoms with Gasteiger partial charge in [-0.05, 0) is 18.2 Å². The number of aldehydes is 1. The van der Waals surface area contributed by atoms with Gasteiger partial charge in [0.1, 0.15) is 5.75 Å². The lowest BCUT2D eigenvalue weighted by Gasteiger charge is -2.03. The fourth-order valence-corrected chi connectivity index (χ4v) is 1.33. The van der Waals surface area contributed by atoms with Gasteiger partial charge in [0, 0.05) is 6.07 Å². The van der Waals surface area contributed by atoms with Crippen molar-refractivity contribution in [3.8, 4) is 11.6 Å². The summed E-state index contributed by atoms with van der Waals surface area (Å²) in [6.07, 6.45) is 0.234. The quantitative estimate of drug-likeness (QED) is 0.588. The third-order valence-electron chi connectivity index (χ3n) is 2.15. The summed E-state index contributed by atoms with van der Waals surface area (Å²) in [6.45, 7) is 0. The van der Waals surface area contributed by atoms with Crippen molar-refractivity contribution >= 4 is 12.1 Å². The molecule has 0 saturated carbocycles. The molecule has 0 fully saturated rings. The minimum absolute atomic E-state index is 0.0396. The first-order valence-electron chi connectivity index (χ1n) is 5.31. The Morgan fingerprint density at radius 1 is 1.11 bits per heavy atom. The maximum Gasteiger partial charge on any atom is 0.238 e. The summed E-state index contributed by atoms with van der Waals surface area (Å²) in [5, 5.41) is 7.63. The smallest absolute Gasteiger partial charge is 0.238 e. The van der Waals surface area contributed by atoms with Crippen LogP contribution in [0.4, 0.5) is 0 Å². The summed E-state index contributed by atoms with van der Waals surface area (Å²) in [6, 6.07) is 12.4. The van der Waals surface area contributed by atoms with Crippen molar-refractivity contribution in [2.75, 3.05) is 0 Å². The van der Waals surface area contributed by atoms with Crippen LogP contribution in [0.15, 0.2) is 42.5 Å². The molecule has 5 nitrogen and oxygen atoms in total. The van der Waals surface area contributed by atoms with Crippen LogP contribution in [0, 0.1) is 0 Å². The maximum atomic E-state index is 10.9. The lowest BCUT2D eigenvalue weighted by molar-refractivity contribution is -0.129. The predicted molar refractivity (Wildman–Crippen MR) is 63.3 cm³/mol. The molecular formula is C13H10N2O3. The van der Waals surface area contributed by atoms with Gasteiger partial charge in [-0.2, -0.15) is 5.10 Å². The Balaban J connectivity index is 2.04. The number of benzene rings is 1. The Labute approximate surface area is 103 Å². The molecule has 5 heteroatoms. The van der Waals surface area contributed by atoms with Gasteiger partial charge in [-0.25, -0.2) is 0 Å². The van der Waals surface area contributed by atoms with Gasteiger partial charge < -0.3 is 4.74 Å². The van der Waals surface area contributed by atoms with E-state index < -0.39 is 5.78 Å². The van der Waals surface area contributed by atoms with E-state index in [0.29, 0.717) is 17.3 Å². The van der Waals surface area contributed by atoms with E-state index in [9.17, 15) is 9.59 Å². The standard InChI is InChI=1S/C13H10N2O3/c16-9-11(17)8-10-6-7-13(15-14-10)18-12-4-2-1-3-5-12/h1-7,9H,8H2. The summed E-state index contributed by atoms with van der Waals surface area (Å²) < 4.78 is 5.44. The van der Waals surface area contributed by atoms with Crippen molar-refractivity contribution < 1.29 is 14.3 Å². The van der Waals surface area contributed by atoms with Crippen LogP contribution in [-0.2, 0) is 16.0 Å². The summed E-state index contributed by atoms with van der Waals surface area (Å²) >= 11 is 0. The van der Waals surface area contributed by atoms with Crippen LogP contribution in [0.2, 0.25) is 0 Å². The first kappa shape index (κ1) is 11.9. The van der Waals surface area contributed by atoms with E-state index in [1.165, 1.54) is 0 Å². The van der Waals surface area contributed by atoms with E-state index in [1.807, 2.05) is 18.2 Å². The minimum Gasteiger partial charge on any atom is -0.438 e. The highest BCUT2D eigenvalue weighted by Crippen LogP contribution is 2.17. The predicted octanol–water partition coefficient (Wildman–Crippen LogP) is 1.58. The molecule has 0 bridgehead atoms. The molecule has 1 aromatic heterocycles. The molecule has 1 heterocycles. The van der Waals surface area contributed by atoms with E-state index in [-0.39, 0.29) is 12.7 Å². The first-order chi connectivity index (χ1) is 8.78. The van der Waals surface area contributed by atoms with Crippen LogP contribution < -0.4 is 4.74 Å². The number of rotatable bonds is 5. The van der Waals surface area contributed by atoms with Gasteiger partial charge >= 0.3 is 0 Å². The van der Waals surface area contributed by atoms with Gasteiger partial charge in [0.2, 0.25) is 11.7 Å². The molecule has 0 spiro atoms. The number of aromatic nitrogens is 2. The summed E-state index contributed by atoms with van der Waals surface area (Å²) in [5.74, 6) is 0.466. The second-order valence-electron chi connectivity index (χ2n) is 3.54. The van der Waals surface area contributed by atoms with Crippen LogP contribution in [0.5, 0.6) is 11.6 Å². The fourth-order valence-electron chi connectivity index (χ4n) is 1.33. The van der Waals surface area contributed by atoms with Crippen molar-refractivity contribution in [1.29, 1.82) is 0 Å². The topological polar surface area (TPSA) is 69.2 Å². The number of carbonyl (C=O) groups excluding carboxylic acids is 2. The lowest BCUT2D eigenvalue weighted by Crippen LogP contribution is -2.06. The number of hydrogen-bond acceptors (Lipinski definition) is 5. The number of ether oxygens (including phenoxy) is 1. The monoisotopic (exact) mass is 242 g/mol. The van der Waals surface area contributed by atoms with Crippen LogP contribution in [0.25, 0.3) is 0 Å². The van der Waals surface area contributed by atoms with Gasteiger partial charge in [0.05, 0.1) is 12.1 Å². The summed E-state index contributed by atoms with van der Waals surface area (Å²) in [4.78, 5) is 21.1. The Bertz CT molecular complexity index is 538. The van der Waals surface area contributed by atoms with E-state index >= 15 is 0 Å². The van der Waals surface area contributed by atoms with E-state index in [0.717, 1.165) is 0 Å². The third kappa shape index (κ3) is 3.21. The summed E-state index contributed by atoms with van der Waals surface area (Å²) in [5.41, 5.74) is 0.438. The molecular weight excluding hydrogens is 232 g/mol. The molecule has 0 saturated heterocycles. The molecule has 90 valence electrons. The zero-order chi connectivity index (χ0) is 12.8. The highest BCUT2D eigenvalue weighted by molar-refractivity contribution is 6.25. The molecule has 18 heavy (non-hydrogen) atoms. The molecule has 0 N–H and O–H groups in total. The van der Waals surface area contributed by atoms with Crippen molar-refractivity contribution in [1.82, 2.24) is 10.2 Å². The average Bonchev–Trinajstić information content (AvgIpc) is 2.42. The minimum atomic E-state index is -0.527. The van der Waals surface area contributed by atoms with E-state index in [2.05, 4.69) is 10.2 Å². The van der Waals surface area contributed by atoms with E-state index in [1.54, 1.807) is 24.3 Å². The molecule has 0 atom stereocenters. The number of carbonyl (C=O) groups is 2. The molecule has 0 aliphatic carbocycles. The van der Waals surface area contributed by atoms with Crippen LogP contribution in [-0.4, -0.2) is 22.3 Å². The molecule has 2 rings (SSSR count). The van der Waals surface area contributed by atoms with Gasteiger partial charge in [-0.3, -0.25) is 9.59 Å². The van der Waals surface area contributed by atoms with Crippen molar-refractivity contribution in [2.45, 2.75) is 6.42 Å². The number of para-hydroxylation sites is 1. The highest BCUT2D eigenvalue weighted by atomic mass is 16.5. The van der Waals surface area contributed by atoms with Gasteiger partial charge in [-0.1, -0.05) is 18.2 Å². The third-order valence-corrected chi connectivity index (χ3v) is 2.15. The zero-order valence-corrected chi connectivity index (χ0v) is 9.45. The molecule has 0 radical (unpaired) electrons.